The summed E-state index contributed by atoms with van der Waals surface area (Å²) >= 11 is 0. The fraction of sp³-hybridized carbons (Fsp3) is 0. The monoisotopic (exact) mass is 312 g/mol. The molecule has 2 N–H and O–H groups in total. The van der Waals surface area contributed by atoms with Crippen molar-refractivity contribution in [1.29, 1.82) is 0 Å². The number of nitrogens with two attached hydrogens (primary N) is 1. The van der Waals surface area contributed by atoms with Gasteiger partial charge in [0.15, 0.2) is 0 Å². The van der Waals surface area contributed by atoms with Gasteiger partial charge in [-0.1, -0.05) is 36.4 Å². The summed E-state index contributed by atoms with van der Waals surface area (Å²) in [6.07, 6.45) is 3.37. The lowest BCUT2D eigenvalue weighted by Gasteiger charge is -2.26. The summed E-state index contributed by atoms with van der Waals surface area (Å²) in [5.74, 6) is 0. The van der Waals surface area contributed by atoms with E-state index in [1.54, 1.807) is 12.4 Å². The van der Waals surface area contributed by atoms with Crippen LogP contribution in [0.5, 0.6) is 0 Å². The molecule has 0 spiro atoms. The third kappa shape index (κ3) is 2.54. The largest absolute Gasteiger partial charge is 0.397 e. The van der Waals surface area contributed by atoms with E-state index in [0.29, 0.717) is 5.69 Å². The van der Waals surface area contributed by atoms with Crippen molar-refractivity contribution in [2.75, 3.05) is 10.6 Å². The van der Waals surface area contributed by atoms with E-state index in [4.69, 9.17) is 5.73 Å². The first-order valence-corrected chi connectivity index (χ1v) is 7.73. The van der Waals surface area contributed by atoms with Crippen LogP contribution in [0.25, 0.3) is 11.0 Å². The highest BCUT2D eigenvalue weighted by atomic mass is 15.2. The van der Waals surface area contributed by atoms with Crippen molar-refractivity contribution in [1.82, 2.24) is 9.97 Å². The molecule has 0 radical (unpaired) electrons. The van der Waals surface area contributed by atoms with Gasteiger partial charge in [-0.2, -0.15) is 0 Å². The van der Waals surface area contributed by atoms with Crippen molar-refractivity contribution < 1.29 is 0 Å². The van der Waals surface area contributed by atoms with Crippen molar-refractivity contribution in [2.45, 2.75) is 0 Å². The van der Waals surface area contributed by atoms with Crippen LogP contribution in [-0.4, -0.2) is 9.97 Å². The number of para-hydroxylation sites is 2. The average molecular weight is 312 g/mol. The van der Waals surface area contributed by atoms with Gasteiger partial charge >= 0.3 is 0 Å². The number of aromatic nitrogens is 2. The van der Waals surface area contributed by atoms with Crippen molar-refractivity contribution in [2.24, 2.45) is 0 Å². The molecule has 0 aliphatic heterocycles. The van der Waals surface area contributed by atoms with Crippen LogP contribution in [0.2, 0.25) is 0 Å². The number of nitrogen functional groups attached to an aromatic ring is 1. The van der Waals surface area contributed by atoms with Gasteiger partial charge in [0, 0.05) is 23.8 Å². The van der Waals surface area contributed by atoms with E-state index in [0.717, 1.165) is 28.1 Å². The summed E-state index contributed by atoms with van der Waals surface area (Å²) in [5.41, 5.74) is 11.6. The highest BCUT2D eigenvalue weighted by Crippen LogP contribution is 2.38. The number of hydrogen-bond donors (Lipinski definition) is 1. The molecular formula is C20H16N4. The van der Waals surface area contributed by atoms with Crippen molar-refractivity contribution in [3.63, 3.8) is 0 Å². The van der Waals surface area contributed by atoms with Gasteiger partial charge in [0.2, 0.25) is 0 Å². The molecule has 0 saturated heterocycles. The van der Waals surface area contributed by atoms with Gasteiger partial charge < -0.3 is 10.6 Å². The number of fused-ring (bicyclic) bond motifs is 1. The molecule has 3 aromatic carbocycles. The first kappa shape index (κ1) is 14.2. The molecule has 24 heavy (non-hydrogen) atoms. The Hall–Kier alpha value is -3.40. The van der Waals surface area contributed by atoms with Crippen LogP contribution >= 0.6 is 0 Å². The standard InChI is InChI=1S/C20H16N4/c21-17-13-18-19(23-12-11-22-18)14-20(17)24(15-7-3-1-4-8-15)16-9-5-2-6-10-16/h1-14H,21H2. The van der Waals surface area contributed by atoms with Crippen LogP contribution in [0.1, 0.15) is 0 Å². The molecule has 4 rings (SSSR count). The topological polar surface area (TPSA) is 55.0 Å². The van der Waals surface area contributed by atoms with Gasteiger partial charge in [-0.15, -0.1) is 0 Å². The van der Waals surface area contributed by atoms with Gasteiger partial charge in [-0.25, -0.2) is 0 Å². The van der Waals surface area contributed by atoms with Gasteiger partial charge in [0.05, 0.1) is 22.4 Å². The second-order valence-corrected chi connectivity index (χ2v) is 5.46. The summed E-state index contributed by atoms with van der Waals surface area (Å²) in [6.45, 7) is 0. The third-order valence-electron chi connectivity index (χ3n) is 3.89. The number of nitrogens with zero attached hydrogens (tertiary/aromatic N) is 3. The molecule has 4 aromatic rings. The average Bonchev–Trinajstić information content (AvgIpc) is 2.64. The number of rotatable bonds is 3. The number of hydrogen-bond acceptors (Lipinski definition) is 4. The molecule has 116 valence electrons. The Kier molecular flexibility index (Phi) is 3.56. The van der Waals surface area contributed by atoms with E-state index in [1.165, 1.54) is 0 Å². The zero-order valence-corrected chi connectivity index (χ0v) is 13.0. The van der Waals surface area contributed by atoms with E-state index in [2.05, 4.69) is 39.1 Å². The van der Waals surface area contributed by atoms with Crippen molar-refractivity contribution in [3.8, 4) is 0 Å². The molecular weight excluding hydrogens is 296 g/mol. The van der Waals surface area contributed by atoms with E-state index in [-0.39, 0.29) is 0 Å². The van der Waals surface area contributed by atoms with Gasteiger partial charge in [-0.05, 0) is 36.4 Å². The Bertz CT molecular complexity index is 929. The number of anilines is 4. The molecule has 0 aliphatic rings. The van der Waals surface area contributed by atoms with Gasteiger partial charge in [0.1, 0.15) is 0 Å². The molecule has 0 unspecified atom stereocenters. The lowest BCUT2D eigenvalue weighted by atomic mass is 10.1. The molecule has 0 atom stereocenters. The number of benzene rings is 3. The highest BCUT2D eigenvalue weighted by molar-refractivity contribution is 5.92. The fourth-order valence-corrected chi connectivity index (χ4v) is 2.79. The van der Waals surface area contributed by atoms with Crippen molar-refractivity contribution in [3.05, 3.63) is 85.2 Å². The molecule has 0 saturated carbocycles. The normalized spacial score (nSPS) is 10.7. The minimum absolute atomic E-state index is 0.663. The summed E-state index contributed by atoms with van der Waals surface area (Å²) in [6, 6.07) is 24.2. The zero-order valence-electron chi connectivity index (χ0n) is 13.0. The van der Waals surface area contributed by atoms with E-state index in [1.807, 2.05) is 48.5 Å². The first-order chi connectivity index (χ1) is 11.8. The van der Waals surface area contributed by atoms with Crippen LogP contribution in [0.4, 0.5) is 22.7 Å². The summed E-state index contributed by atoms with van der Waals surface area (Å²) in [7, 11) is 0. The minimum Gasteiger partial charge on any atom is -0.397 e. The molecule has 0 aliphatic carbocycles. The van der Waals surface area contributed by atoms with Gasteiger partial charge in [-0.3, -0.25) is 9.97 Å². The molecule has 0 bridgehead atoms. The molecule has 1 aromatic heterocycles. The minimum atomic E-state index is 0.663. The molecule has 0 amide bonds. The van der Waals surface area contributed by atoms with E-state index >= 15 is 0 Å². The maximum Gasteiger partial charge on any atom is 0.0909 e. The van der Waals surface area contributed by atoms with E-state index < -0.39 is 0 Å². The first-order valence-electron chi connectivity index (χ1n) is 7.73. The summed E-state index contributed by atoms with van der Waals surface area (Å²) in [4.78, 5) is 10.9. The molecule has 1 heterocycles. The Morgan fingerprint density at radius 3 is 1.71 bits per heavy atom. The molecule has 0 fully saturated rings. The smallest absolute Gasteiger partial charge is 0.0909 e. The highest BCUT2D eigenvalue weighted by Gasteiger charge is 2.15. The Morgan fingerprint density at radius 2 is 1.17 bits per heavy atom. The Labute approximate surface area is 140 Å². The Balaban J connectivity index is 1.96. The fourth-order valence-electron chi connectivity index (χ4n) is 2.79. The zero-order chi connectivity index (χ0) is 16.4. The lowest BCUT2D eigenvalue weighted by Crippen LogP contribution is -2.12. The predicted octanol–water partition coefficient (Wildman–Crippen LogP) is 4.68. The molecule has 4 nitrogen and oxygen atoms in total. The van der Waals surface area contributed by atoms with E-state index in [9.17, 15) is 0 Å². The maximum absolute atomic E-state index is 6.35. The summed E-state index contributed by atoms with van der Waals surface area (Å²) in [5, 5.41) is 0. The quantitative estimate of drug-likeness (QED) is 0.558. The predicted molar refractivity (Wildman–Crippen MR) is 98.6 cm³/mol. The van der Waals surface area contributed by atoms with Crippen molar-refractivity contribution >= 4 is 33.8 Å². The van der Waals surface area contributed by atoms with Crippen LogP contribution < -0.4 is 10.6 Å². The van der Waals surface area contributed by atoms with Gasteiger partial charge in [0.25, 0.3) is 0 Å². The van der Waals surface area contributed by atoms with Crippen LogP contribution in [0.15, 0.2) is 85.2 Å². The van der Waals surface area contributed by atoms with Crippen LogP contribution in [-0.2, 0) is 0 Å². The molecule has 4 heteroatoms. The second kappa shape index (κ2) is 6.01. The van der Waals surface area contributed by atoms with Crippen LogP contribution in [0, 0.1) is 0 Å². The SMILES string of the molecule is Nc1cc2nccnc2cc1N(c1ccccc1)c1ccccc1. The lowest BCUT2D eigenvalue weighted by molar-refractivity contribution is 1.26. The second-order valence-electron chi connectivity index (χ2n) is 5.46. The third-order valence-corrected chi connectivity index (χ3v) is 3.89. The summed E-state index contributed by atoms with van der Waals surface area (Å²) < 4.78 is 0. The Morgan fingerprint density at radius 1 is 0.667 bits per heavy atom. The van der Waals surface area contributed by atoms with Crippen LogP contribution in [0.3, 0.4) is 0 Å². The maximum atomic E-state index is 6.35.